The summed E-state index contributed by atoms with van der Waals surface area (Å²) in [5.41, 5.74) is 0.914. The van der Waals surface area contributed by atoms with Crippen molar-refractivity contribution in [3.8, 4) is 11.4 Å². The minimum atomic E-state index is -0.747. The third kappa shape index (κ3) is 3.11. The van der Waals surface area contributed by atoms with Crippen LogP contribution in [0.5, 0.6) is 0 Å². The molecule has 1 N–H and O–H groups in total. The zero-order valence-electron chi connectivity index (χ0n) is 11.6. The Kier molecular flexibility index (Phi) is 3.96. The summed E-state index contributed by atoms with van der Waals surface area (Å²) in [6.45, 7) is 1.45. The number of likely N-dealkylation sites (tertiary alicyclic amines) is 1. The zero-order valence-corrected chi connectivity index (χ0v) is 11.6. The number of rotatable bonds is 5. The van der Waals surface area contributed by atoms with Crippen molar-refractivity contribution in [2.24, 2.45) is 0 Å². The Hall–Kier alpha value is -2.21. The average molecular weight is 287 g/mol. The molecule has 1 fully saturated rings. The summed E-state index contributed by atoms with van der Waals surface area (Å²) in [5, 5.41) is 13.1. The molecule has 6 heteroatoms. The molecule has 1 aromatic heterocycles. The van der Waals surface area contributed by atoms with Gasteiger partial charge in [-0.05, 0) is 19.4 Å². The summed E-state index contributed by atoms with van der Waals surface area (Å²) in [6, 6.07) is 9.26. The lowest BCUT2D eigenvalue weighted by Gasteiger charge is -2.19. The first kappa shape index (κ1) is 13.8. The highest BCUT2D eigenvalue weighted by Crippen LogP contribution is 2.19. The molecular weight excluding hydrogens is 270 g/mol. The highest BCUT2D eigenvalue weighted by molar-refractivity contribution is 5.73. The van der Waals surface area contributed by atoms with Crippen molar-refractivity contribution in [3.05, 3.63) is 36.2 Å². The van der Waals surface area contributed by atoms with E-state index >= 15 is 0 Å². The molecule has 21 heavy (non-hydrogen) atoms. The van der Waals surface area contributed by atoms with E-state index in [2.05, 4.69) is 10.1 Å². The number of hydrogen-bond acceptors (Lipinski definition) is 5. The Balaban J connectivity index is 1.62. The third-order valence-electron chi connectivity index (χ3n) is 3.76. The van der Waals surface area contributed by atoms with Gasteiger partial charge in [0.2, 0.25) is 11.7 Å². The molecule has 1 aromatic carbocycles. The van der Waals surface area contributed by atoms with Crippen LogP contribution >= 0.6 is 0 Å². The molecule has 6 nitrogen and oxygen atoms in total. The van der Waals surface area contributed by atoms with Crippen LogP contribution in [0.15, 0.2) is 34.9 Å². The lowest BCUT2D eigenvalue weighted by molar-refractivity contribution is -0.142. The van der Waals surface area contributed by atoms with E-state index < -0.39 is 5.97 Å². The van der Waals surface area contributed by atoms with E-state index in [9.17, 15) is 4.79 Å². The Bertz CT molecular complexity index is 612. The maximum atomic E-state index is 11.1. The van der Waals surface area contributed by atoms with E-state index in [4.69, 9.17) is 9.63 Å². The van der Waals surface area contributed by atoms with Crippen molar-refractivity contribution in [1.82, 2.24) is 15.0 Å². The molecule has 0 radical (unpaired) electrons. The molecule has 0 unspecified atom stereocenters. The van der Waals surface area contributed by atoms with Gasteiger partial charge in [-0.25, -0.2) is 0 Å². The van der Waals surface area contributed by atoms with Crippen LogP contribution < -0.4 is 0 Å². The molecule has 0 saturated carbocycles. The van der Waals surface area contributed by atoms with Crippen LogP contribution in [0, 0.1) is 0 Å². The number of carboxylic acids is 1. The highest BCUT2D eigenvalue weighted by atomic mass is 16.5. The van der Waals surface area contributed by atoms with Crippen molar-refractivity contribution >= 4 is 5.97 Å². The van der Waals surface area contributed by atoms with Gasteiger partial charge in [0.25, 0.3) is 0 Å². The first-order valence-corrected chi connectivity index (χ1v) is 7.09. The molecule has 1 atom stereocenters. The van der Waals surface area contributed by atoms with Crippen LogP contribution in [-0.2, 0) is 11.2 Å². The van der Waals surface area contributed by atoms with Gasteiger partial charge < -0.3 is 9.63 Å². The minimum absolute atomic E-state index is 0.374. The summed E-state index contributed by atoms with van der Waals surface area (Å²) in [4.78, 5) is 17.4. The second kappa shape index (κ2) is 6.05. The highest BCUT2D eigenvalue weighted by Gasteiger charge is 2.30. The standard InChI is InChI=1S/C15H17N3O3/c19-15(20)12-7-4-9-18(12)10-8-13-16-14(17-21-13)11-5-2-1-3-6-11/h1-3,5-6,12H,4,7-10H2,(H,19,20)/t12-/m0/s1. The Morgan fingerprint density at radius 3 is 2.95 bits per heavy atom. The van der Waals surface area contributed by atoms with Crippen LogP contribution in [0.3, 0.4) is 0 Å². The number of aliphatic carboxylic acids is 1. The molecule has 110 valence electrons. The maximum absolute atomic E-state index is 11.1. The predicted octanol–water partition coefficient (Wildman–Crippen LogP) is 1.83. The van der Waals surface area contributed by atoms with Crippen molar-refractivity contribution in [2.45, 2.75) is 25.3 Å². The number of carboxylic acid groups (broad SMARTS) is 1. The van der Waals surface area contributed by atoms with Crippen molar-refractivity contribution < 1.29 is 14.4 Å². The summed E-state index contributed by atoms with van der Waals surface area (Å²) in [6.07, 6.45) is 2.22. The summed E-state index contributed by atoms with van der Waals surface area (Å²) in [5.74, 6) is 0.370. The van der Waals surface area contributed by atoms with E-state index in [0.717, 1.165) is 18.5 Å². The van der Waals surface area contributed by atoms with Crippen LogP contribution in [0.4, 0.5) is 0 Å². The van der Waals surface area contributed by atoms with Gasteiger partial charge in [-0.15, -0.1) is 0 Å². The Morgan fingerprint density at radius 1 is 1.38 bits per heavy atom. The number of nitrogens with zero attached hydrogens (tertiary/aromatic N) is 3. The summed E-state index contributed by atoms with van der Waals surface area (Å²) in [7, 11) is 0. The molecule has 1 aliphatic rings. The molecular formula is C15H17N3O3. The van der Waals surface area contributed by atoms with Crippen LogP contribution in [-0.4, -0.2) is 45.2 Å². The van der Waals surface area contributed by atoms with Crippen LogP contribution in [0.25, 0.3) is 11.4 Å². The Labute approximate surface area is 122 Å². The fraction of sp³-hybridized carbons (Fsp3) is 0.400. The average Bonchev–Trinajstić information content (AvgIpc) is 3.15. The van der Waals surface area contributed by atoms with Gasteiger partial charge in [0.15, 0.2) is 0 Å². The molecule has 2 aromatic rings. The molecule has 1 saturated heterocycles. The number of hydrogen-bond donors (Lipinski definition) is 1. The first-order chi connectivity index (χ1) is 10.2. The summed E-state index contributed by atoms with van der Waals surface area (Å²) < 4.78 is 5.24. The lowest BCUT2D eigenvalue weighted by atomic mass is 10.2. The van der Waals surface area contributed by atoms with E-state index in [1.807, 2.05) is 35.2 Å². The molecule has 0 spiro atoms. The van der Waals surface area contributed by atoms with Crippen molar-refractivity contribution in [2.75, 3.05) is 13.1 Å². The topological polar surface area (TPSA) is 79.5 Å². The minimum Gasteiger partial charge on any atom is -0.480 e. The fourth-order valence-corrected chi connectivity index (χ4v) is 2.67. The molecule has 2 heterocycles. The largest absolute Gasteiger partial charge is 0.480 e. The molecule has 0 aliphatic carbocycles. The summed E-state index contributed by atoms with van der Waals surface area (Å²) >= 11 is 0. The van der Waals surface area contributed by atoms with Crippen LogP contribution in [0.1, 0.15) is 18.7 Å². The van der Waals surface area contributed by atoms with Gasteiger partial charge in [-0.1, -0.05) is 35.5 Å². The number of benzene rings is 1. The smallest absolute Gasteiger partial charge is 0.320 e. The van der Waals surface area contributed by atoms with Crippen LogP contribution in [0.2, 0.25) is 0 Å². The second-order valence-corrected chi connectivity index (χ2v) is 5.16. The quantitative estimate of drug-likeness (QED) is 0.903. The van der Waals surface area contributed by atoms with Gasteiger partial charge >= 0.3 is 5.97 Å². The molecule has 1 aliphatic heterocycles. The van der Waals surface area contributed by atoms with Crippen molar-refractivity contribution in [1.29, 1.82) is 0 Å². The molecule has 0 bridgehead atoms. The van der Waals surface area contributed by atoms with E-state index in [-0.39, 0.29) is 6.04 Å². The van der Waals surface area contributed by atoms with Gasteiger partial charge in [-0.3, -0.25) is 9.69 Å². The first-order valence-electron chi connectivity index (χ1n) is 7.09. The van der Waals surface area contributed by atoms with Gasteiger partial charge in [-0.2, -0.15) is 4.98 Å². The van der Waals surface area contributed by atoms with Gasteiger partial charge in [0, 0.05) is 18.5 Å². The maximum Gasteiger partial charge on any atom is 0.320 e. The SMILES string of the molecule is O=C(O)[C@@H]1CCCN1CCc1nc(-c2ccccc2)no1. The van der Waals surface area contributed by atoms with E-state index in [1.165, 1.54) is 0 Å². The number of carbonyl (C=O) groups is 1. The Morgan fingerprint density at radius 2 is 2.19 bits per heavy atom. The van der Waals surface area contributed by atoms with E-state index in [1.54, 1.807) is 0 Å². The normalized spacial score (nSPS) is 19.0. The van der Waals surface area contributed by atoms with Crippen molar-refractivity contribution in [3.63, 3.8) is 0 Å². The molecule has 0 amide bonds. The molecule has 3 rings (SSSR count). The van der Waals surface area contributed by atoms with E-state index in [0.29, 0.717) is 31.1 Å². The predicted molar refractivity (Wildman–Crippen MR) is 75.7 cm³/mol. The van der Waals surface area contributed by atoms with Gasteiger partial charge in [0.05, 0.1) is 0 Å². The number of aromatic nitrogens is 2. The third-order valence-corrected chi connectivity index (χ3v) is 3.76. The monoisotopic (exact) mass is 287 g/mol. The fourth-order valence-electron chi connectivity index (χ4n) is 2.67. The van der Waals surface area contributed by atoms with Gasteiger partial charge in [0.1, 0.15) is 6.04 Å². The zero-order chi connectivity index (χ0) is 14.7. The second-order valence-electron chi connectivity index (χ2n) is 5.16. The lowest BCUT2D eigenvalue weighted by Crippen LogP contribution is -2.37.